The normalized spacial score (nSPS) is 20.5. The summed E-state index contributed by atoms with van der Waals surface area (Å²) in [6, 6.07) is 0. The number of aliphatic hydroxyl groups excluding tert-OH is 1. The molecule has 0 fully saturated rings. The summed E-state index contributed by atoms with van der Waals surface area (Å²) in [4.78, 5) is 0. The third kappa shape index (κ3) is 6.05. The molecule has 118 valence electrons. The van der Waals surface area contributed by atoms with Crippen LogP contribution in [-0.2, 0) is 0 Å². The lowest BCUT2D eigenvalue weighted by atomic mass is 9.71. The second-order valence-electron chi connectivity index (χ2n) is 7.00. The Morgan fingerprint density at radius 3 is 2.62 bits per heavy atom. The quantitative estimate of drug-likeness (QED) is 0.488. The second-order valence-corrected chi connectivity index (χ2v) is 7.00. The lowest BCUT2D eigenvalue weighted by molar-refractivity contribution is 0.342. The molecule has 0 aromatic rings. The van der Waals surface area contributed by atoms with Gasteiger partial charge in [-0.3, -0.25) is 0 Å². The van der Waals surface area contributed by atoms with Crippen LogP contribution in [0.3, 0.4) is 0 Å². The van der Waals surface area contributed by atoms with Crippen molar-refractivity contribution in [3.05, 3.63) is 46.6 Å². The van der Waals surface area contributed by atoms with Gasteiger partial charge < -0.3 is 5.11 Å². The predicted molar refractivity (Wildman–Crippen MR) is 93.3 cm³/mol. The molecule has 1 N–H and O–H groups in total. The van der Waals surface area contributed by atoms with Gasteiger partial charge in [0.2, 0.25) is 0 Å². The number of hydrogen-bond donors (Lipinski definition) is 1. The number of aliphatic hydroxyl groups is 1. The van der Waals surface area contributed by atoms with E-state index in [9.17, 15) is 0 Å². The van der Waals surface area contributed by atoms with E-state index < -0.39 is 0 Å². The molecule has 0 aliphatic heterocycles. The smallest absolute Gasteiger partial charge is 0.0617 e. The molecule has 0 unspecified atom stereocenters. The number of hydrogen-bond acceptors (Lipinski definition) is 1. The van der Waals surface area contributed by atoms with Crippen molar-refractivity contribution >= 4 is 0 Å². The van der Waals surface area contributed by atoms with E-state index in [1.54, 1.807) is 11.1 Å². The van der Waals surface area contributed by atoms with Gasteiger partial charge in [0.1, 0.15) is 0 Å². The van der Waals surface area contributed by atoms with Crippen molar-refractivity contribution in [2.24, 2.45) is 5.41 Å². The van der Waals surface area contributed by atoms with Gasteiger partial charge in [0, 0.05) is 0 Å². The fourth-order valence-electron chi connectivity index (χ4n) is 3.21. The Morgan fingerprint density at radius 2 is 2.00 bits per heavy atom. The van der Waals surface area contributed by atoms with Crippen LogP contribution < -0.4 is 0 Å². The van der Waals surface area contributed by atoms with Crippen molar-refractivity contribution in [1.29, 1.82) is 0 Å². The summed E-state index contributed by atoms with van der Waals surface area (Å²) in [6.07, 6.45) is 14.4. The van der Waals surface area contributed by atoms with E-state index in [0.29, 0.717) is 5.41 Å². The van der Waals surface area contributed by atoms with Crippen LogP contribution in [0.4, 0.5) is 0 Å². The Bertz CT molecular complexity index is 458. The summed E-state index contributed by atoms with van der Waals surface area (Å²) in [5.74, 6) is 0. The molecule has 21 heavy (non-hydrogen) atoms. The van der Waals surface area contributed by atoms with Gasteiger partial charge in [-0.2, -0.15) is 0 Å². The van der Waals surface area contributed by atoms with Crippen LogP contribution in [0.1, 0.15) is 66.7 Å². The molecule has 1 aliphatic rings. The zero-order valence-corrected chi connectivity index (χ0v) is 14.5. The van der Waals surface area contributed by atoms with Crippen LogP contribution in [0.25, 0.3) is 0 Å². The van der Waals surface area contributed by atoms with E-state index in [0.717, 1.165) is 12.0 Å². The van der Waals surface area contributed by atoms with Gasteiger partial charge in [-0.15, -0.1) is 0 Å². The summed E-state index contributed by atoms with van der Waals surface area (Å²) < 4.78 is 0. The molecule has 1 aliphatic carbocycles. The molecule has 0 spiro atoms. The van der Waals surface area contributed by atoms with Crippen molar-refractivity contribution in [3.8, 4) is 0 Å². The highest BCUT2D eigenvalue weighted by Crippen LogP contribution is 2.42. The maximum atomic E-state index is 8.82. The molecule has 1 nitrogen and oxygen atoms in total. The standard InChI is InChI=1S/C20H32O/c1-16(8-6-9-17(2)13-15-21)11-12-19-18(3)10-7-14-20(19,4)5/h6,8-9,13,21H,7,10-12,14-15H2,1-5H3/b9-6+,16-8+,17-13+. The molecule has 1 heteroatoms. The van der Waals surface area contributed by atoms with Gasteiger partial charge in [0.25, 0.3) is 0 Å². The number of rotatable bonds is 6. The van der Waals surface area contributed by atoms with Gasteiger partial charge in [-0.25, -0.2) is 0 Å². The first-order valence-electron chi connectivity index (χ1n) is 8.17. The van der Waals surface area contributed by atoms with Crippen LogP contribution in [0.2, 0.25) is 0 Å². The van der Waals surface area contributed by atoms with Gasteiger partial charge in [0.15, 0.2) is 0 Å². The molecule has 1 rings (SSSR count). The molecular formula is C20H32O. The van der Waals surface area contributed by atoms with E-state index in [1.165, 1.54) is 31.3 Å². The van der Waals surface area contributed by atoms with Crippen LogP contribution in [-0.4, -0.2) is 11.7 Å². The molecule has 0 aromatic carbocycles. The Morgan fingerprint density at radius 1 is 1.29 bits per heavy atom. The van der Waals surface area contributed by atoms with Crippen LogP contribution in [0.5, 0.6) is 0 Å². The maximum Gasteiger partial charge on any atom is 0.0617 e. The molecule has 0 saturated heterocycles. The minimum atomic E-state index is 0.112. The van der Waals surface area contributed by atoms with Crippen LogP contribution >= 0.6 is 0 Å². The van der Waals surface area contributed by atoms with Crippen molar-refractivity contribution < 1.29 is 5.11 Å². The second kappa shape index (κ2) is 8.38. The molecule has 0 heterocycles. The first kappa shape index (κ1) is 18.0. The highest BCUT2D eigenvalue weighted by atomic mass is 16.2. The molecule has 0 aromatic heterocycles. The molecule has 0 amide bonds. The van der Waals surface area contributed by atoms with E-state index >= 15 is 0 Å². The summed E-state index contributed by atoms with van der Waals surface area (Å²) in [5, 5.41) is 8.82. The molecule has 0 radical (unpaired) electrons. The fraction of sp³-hybridized carbons (Fsp3) is 0.600. The first-order valence-corrected chi connectivity index (χ1v) is 8.17. The molecular weight excluding hydrogens is 256 g/mol. The largest absolute Gasteiger partial charge is 0.392 e. The van der Waals surface area contributed by atoms with E-state index in [1.807, 2.05) is 13.0 Å². The third-order valence-corrected chi connectivity index (χ3v) is 4.61. The Kier molecular flexibility index (Phi) is 7.17. The van der Waals surface area contributed by atoms with Crippen molar-refractivity contribution in [2.45, 2.75) is 66.7 Å². The fourth-order valence-corrected chi connectivity index (χ4v) is 3.21. The topological polar surface area (TPSA) is 20.2 Å². The predicted octanol–water partition coefficient (Wildman–Crippen LogP) is 5.73. The average Bonchev–Trinajstić information content (AvgIpc) is 2.37. The zero-order valence-electron chi connectivity index (χ0n) is 14.5. The molecule has 0 bridgehead atoms. The minimum Gasteiger partial charge on any atom is -0.392 e. The van der Waals surface area contributed by atoms with Gasteiger partial charge in [-0.1, -0.05) is 60.4 Å². The first-order chi connectivity index (χ1) is 9.86. The van der Waals surface area contributed by atoms with E-state index in [-0.39, 0.29) is 6.61 Å². The van der Waals surface area contributed by atoms with Crippen LogP contribution in [0, 0.1) is 5.41 Å². The third-order valence-electron chi connectivity index (χ3n) is 4.61. The number of allylic oxidation sites excluding steroid dienone is 7. The molecule has 0 atom stereocenters. The average molecular weight is 288 g/mol. The van der Waals surface area contributed by atoms with Crippen molar-refractivity contribution in [2.75, 3.05) is 6.61 Å². The lowest BCUT2D eigenvalue weighted by Crippen LogP contribution is -2.20. The SMILES string of the molecule is CC1=C(CC/C(C)=C/C=C/C(C)=C/CO)C(C)(C)CCC1. The highest BCUT2D eigenvalue weighted by Gasteiger charge is 2.27. The Labute approximate surface area is 131 Å². The van der Waals surface area contributed by atoms with Gasteiger partial charge in [-0.05, 0) is 58.3 Å². The monoisotopic (exact) mass is 288 g/mol. The highest BCUT2D eigenvalue weighted by molar-refractivity contribution is 5.25. The van der Waals surface area contributed by atoms with E-state index in [2.05, 4.69) is 45.9 Å². The summed E-state index contributed by atoms with van der Waals surface area (Å²) in [7, 11) is 0. The summed E-state index contributed by atoms with van der Waals surface area (Å²) >= 11 is 0. The zero-order chi connectivity index (χ0) is 15.9. The van der Waals surface area contributed by atoms with Gasteiger partial charge in [0.05, 0.1) is 6.61 Å². The Hall–Kier alpha value is -1.08. The van der Waals surface area contributed by atoms with Gasteiger partial charge >= 0.3 is 0 Å². The van der Waals surface area contributed by atoms with Crippen molar-refractivity contribution in [1.82, 2.24) is 0 Å². The minimum absolute atomic E-state index is 0.112. The maximum absolute atomic E-state index is 8.82. The Balaban J connectivity index is 2.60. The van der Waals surface area contributed by atoms with Crippen molar-refractivity contribution in [3.63, 3.8) is 0 Å². The lowest BCUT2D eigenvalue weighted by Gasteiger charge is -2.34. The van der Waals surface area contributed by atoms with E-state index in [4.69, 9.17) is 5.11 Å². The molecule has 0 saturated carbocycles. The summed E-state index contributed by atoms with van der Waals surface area (Å²) in [5.41, 5.74) is 6.22. The summed E-state index contributed by atoms with van der Waals surface area (Å²) in [6.45, 7) is 11.4. The van der Waals surface area contributed by atoms with Crippen LogP contribution in [0.15, 0.2) is 46.6 Å².